The van der Waals surface area contributed by atoms with Crippen LogP contribution < -0.4 is 5.32 Å². The highest BCUT2D eigenvalue weighted by Crippen LogP contribution is 2.27. The normalized spacial score (nSPS) is 11.0. The maximum absolute atomic E-state index is 12.1. The van der Waals surface area contributed by atoms with E-state index in [4.69, 9.17) is 4.42 Å². The topological polar surface area (TPSA) is 128 Å². The van der Waals surface area contributed by atoms with Crippen LogP contribution in [-0.4, -0.2) is 30.6 Å². The van der Waals surface area contributed by atoms with E-state index < -0.39 is 16.7 Å². The Hall–Kier alpha value is -3.60. The molecular formula is C16H12N6O4S. The molecule has 10 nitrogen and oxygen atoms in total. The molecule has 4 aromatic rings. The van der Waals surface area contributed by atoms with Gasteiger partial charge in [0, 0.05) is 17.7 Å². The number of hydrogen-bond donors (Lipinski definition) is 1. The van der Waals surface area contributed by atoms with E-state index in [1.54, 1.807) is 16.6 Å². The van der Waals surface area contributed by atoms with E-state index in [1.807, 2.05) is 19.1 Å². The molecular weight excluding hydrogens is 372 g/mol. The second-order valence-electron chi connectivity index (χ2n) is 5.50. The van der Waals surface area contributed by atoms with Crippen molar-refractivity contribution in [2.24, 2.45) is 0 Å². The van der Waals surface area contributed by atoms with Gasteiger partial charge in [0.25, 0.3) is 5.91 Å². The fraction of sp³-hybridized carbons (Fsp3) is 0.125. The number of hydrogen-bond acceptors (Lipinski definition) is 8. The van der Waals surface area contributed by atoms with Gasteiger partial charge in [-0.25, -0.2) is 0 Å². The number of amides is 1. The molecule has 0 aliphatic heterocycles. The van der Waals surface area contributed by atoms with Crippen LogP contribution in [0.15, 0.2) is 40.8 Å². The van der Waals surface area contributed by atoms with Gasteiger partial charge in [0.2, 0.25) is 4.96 Å². The Morgan fingerprint density at radius 3 is 2.70 bits per heavy atom. The van der Waals surface area contributed by atoms with Gasteiger partial charge < -0.3 is 9.73 Å². The van der Waals surface area contributed by atoms with Crippen LogP contribution in [0.3, 0.4) is 0 Å². The molecule has 0 fully saturated rings. The number of anilines is 1. The monoisotopic (exact) mass is 384 g/mol. The summed E-state index contributed by atoms with van der Waals surface area (Å²) >= 11 is 1.42. The molecule has 0 spiro atoms. The van der Waals surface area contributed by atoms with Crippen molar-refractivity contribution in [2.75, 3.05) is 5.32 Å². The van der Waals surface area contributed by atoms with Crippen LogP contribution in [0.5, 0.6) is 0 Å². The summed E-state index contributed by atoms with van der Waals surface area (Å²) in [5.41, 5.74) is 1.40. The van der Waals surface area contributed by atoms with Gasteiger partial charge in [-0.1, -0.05) is 18.3 Å². The number of nitrogens with zero attached hydrogens (tertiary/aromatic N) is 5. The van der Waals surface area contributed by atoms with E-state index >= 15 is 0 Å². The fourth-order valence-electron chi connectivity index (χ4n) is 2.43. The number of benzene rings is 1. The first kappa shape index (κ1) is 16.8. The molecule has 3 aromatic heterocycles. The minimum atomic E-state index is -0.698. The quantitative estimate of drug-likeness (QED) is 0.413. The van der Waals surface area contributed by atoms with Crippen molar-refractivity contribution in [2.45, 2.75) is 13.3 Å². The fourth-order valence-corrected chi connectivity index (χ4v) is 3.29. The number of rotatable bonds is 5. The lowest BCUT2D eigenvalue weighted by Gasteiger charge is -2.03. The van der Waals surface area contributed by atoms with Crippen LogP contribution in [0.1, 0.15) is 23.3 Å². The number of carbonyl (C=O) groups excluding carboxylic acids is 1. The Morgan fingerprint density at radius 1 is 1.26 bits per heavy atom. The first-order valence-electron chi connectivity index (χ1n) is 7.92. The molecule has 3 heterocycles. The summed E-state index contributed by atoms with van der Waals surface area (Å²) in [5.74, 6) is -0.386. The molecule has 0 saturated heterocycles. The summed E-state index contributed by atoms with van der Waals surface area (Å²) < 4.78 is 6.61. The number of nitro groups is 1. The van der Waals surface area contributed by atoms with Crippen LogP contribution in [0.4, 0.5) is 11.6 Å². The number of nitrogens with one attached hydrogen (secondary N) is 1. The van der Waals surface area contributed by atoms with Crippen LogP contribution >= 0.6 is 11.3 Å². The molecule has 27 heavy (non-hydrogen) atoms. The third-order valence-corrected chi connectivity index (χ3v) is 4.70. The van der Waals surface area contributed by atoms with Gasteiger partial charge in [-0.3, -0.25) is 14.9 Å². The van der Waals surface area contributed by atoms with Gasteiger partial charge in [-0.15, -0.1) is 10.2 Å². The Balaban J connectivity index is 1.51. The van der Waals surface area contributed by atoms with Crippen molar-refractivity contribution < 1.29 is 14.1 Å². The zero-order valence-electron chi connectivity index (χ0n) is 13.9. The molecule has 1 amide bonds. The molecule has 0 atom stereocenters. The van der Waals surface area contributed by atoms with Gasteiger partial charge in [0.1, 0.15) is 9.93 Å². The van der Waals surface area contributed by atoms with Crippen molar-refractivity contribution in [3.05, 3.63) is 58.1 Å². The van der Waals surface area contributed by atoms with Crippen LogP contribution in [-0.2, 0) is 6.42 Å². The van der Waals surface area contributed by atoms with Crippen molar-refractivity contribution in [1.29, 1.82) is 0 Å². The highest BCUT2D eigenvalue weighted by molar-refractivity contribution is 7.19. The molecule has 4 rings (SSSR count). The summed E-state index contributed by atoms with van der Waals surface area (Å²) in [6, 6.07) is 9.46. The first-order chi connectivity index (χ1) is 13.0. The molecule has 0 aliphatic rings. The van der Waals surface area contributed by atoms with Gasteiger partial charge >= 0.3 is 5.88 Å². The van der Waals surface area contributed by atoms with Crippen molar-refractivity contribution in [1.82, 2.24) is 19.8 Å². The van der Waals surface area contributed by atoms with Gasteiger partial charge in [-0.2, -0.15) is 9.61 Å². The summed E-state index contributed by atoms with van der Waals surface area (Å²) in [6.45, 7) is 1.99. The molecule has 136 valence electrons. The minimum Gasteiger partial charge on any atom is -0.395 e. The first-order valence-corrected chi connectivity index (χ1v) is 8.74. The zero-order chi connectivity index (χ0) is 19.0. The number of aromatic nitrogens is 4. The molecule has 1 aromatic carbocycles. The Morgan fingerprint density at radius 2 is 2.04 bits per heavy atom. The highest BCUT2D eigenvalue weighted by Gasteiger charge is 2.17. The Kier molecular flexibility index (Phi) is 4.12. The lowest BCUT2D eigenvalue weighted by molar-refractivity contribution is -0.402. The predicted octanol–water partition coefficient (Wildman–Crippen LogP) is 3.17. The summed E-state index contributed by atoms with van der Waals surface area (Å²) in [7, 11) is 0. The van der Waals surface area contributed by atoms with Gasteiger partial charge in [0.05, 0.1) is 6.07 Å². The van der Waals surface area contributed by atoms with E-state index in [9.17, 15) is 14.9 Å². The molecule has 0 aliphatic carbocycles. The zero-order valence-corrected chi connectivity index (χ0v) is 14.8. The highest BCUT2D eigenvalue weighted by atomic mass is 32.1. The second-order valence-corrected chi connectivity index (χ2v) is 6.45. The average molecular weight is 384 g/mol. The van der Waals surface area contributed by atoms with E-state index in [1.165, 1.54) is 17.4 Å². The largest absolute Gasteiger partial charge is 0.433 e. The standard InChI is InChI=1S/C16H12N6O4S/c1-2-12-18-19-16-21(12)20-15(27-16)9-3-5-10(6-4-9)17-14(23)11-7-8-13(26-11)22(24)25/h3-8H,2H2,1H3,(H,17,23). The van der Waals surface area contributed by atoms with Crippen molar-refractivity contribution >= 4 is 33.8 Å². The Bertz CT molecular complexity index is 1140. The average Bonchev–Trinajstić information content (AvgIpc) is 3.37. The molecule has 0 unspecified atom stereocenters. The molecule has 0 saturated carbocycles. The van der Waals surface area contributed by atoms with Crippen LogP contribution in [0, 0.1) is 10.1 Å². The smallest absolute Gasteiger partial charge is 0.395 e. The Labute approximate surface area is 155 Å². The van der Waals surface area contributed by atoms with Gasteiger partial charge in [0.15, 0.2) is 11.6 Å². The lowest BCUT2D eigenvalue weighted by atomic mass is 10.2. The van der Waals surface area contributed by atoms with E-state index in [0.717, 1.165) is 33.8 Å². The van der Waals surface area contributed by atoms with Crippen molar-refractivity contribution in [3.63, 3.8) is 0 Å². The lowest BCUT2D eigenvalue weighted by Crippen LogP contribution is -2.10. The van der Waals surface area contributed by atoms with Crippen LogP contribution in [0.2, 0.25) is 0 Å². The maximum atomic E-state index is 12.1. The summed E-state index contributed by atoms with van der Waals surface area (Å²) in [5, 5.41) is 26.7. The molecule has 0 radical (unpaired) electrons. The van der Waals surface area contributed by atoms with Crippen LogP contribution in [0.25, 0.3) is 15.5 Å². The molecule has 0 bridgehead atoms. The number of aryl methyl sites for hydroxylation is 1. The predicted molar refractivity (Wildman–Crippen MR) is 96.8 cm³/mol. The summed E-state index contributed by atoms with van der Waals surface area (Å²) in [4.78, 5) is 22.7. The third kappa shape index (κ3) is 3.15. The molecule has 1 N–H and O–H groups in total. The summed E-state index contributed by atoms with van der Waals surface area (Å²) in [6.07, 6.45) is 0.736. The third-order valence-electron chi connectivity index (χ3n) is 3.76. The maximum Gasteiger partial charge on any atom is 0.433 e. The number of carbonyl (C=O) groups is 1. The van der Waals surface area contributed by atoms with Crippen molar-refractivity contribution in [3.8, 4) is 10.6 Å². The van der Waals surface area contributed by atoms with E-state index in [2.05, 4.69) is 20.6 Å². The van der Waals surface area contributed by atoms with Gasteiger partial charge in [-0.05, 0) is 30.3 Å². The van der Waals surface area contributed by atoms with E-state index in [0.29, 0.717) is 5.69 Å². The SMILES string of the molecule is CCc1nnc2sc(-c3ccc(NC(=O)c4ccc([N+](=O)[O-])o4)cc3)nn12. The number of furan rings is 1. The minimum absolute atomic E-state index is 0.133. The molecule has 11 heteroatoms. The van der Waals surface area contributed by atoms with E-state index in [-0.39, 0.29) is 5.76 Å². The second kappa shape index (κ2) is 6.61. The number of fused-ring (bicyclic) bond motifs is 1.